The number of rotatable bonds is 15. The van der Waals surface area contributed by atoms with Gasteiger partial charge in [-0.25, -0.2) is 0 Å². The molecular weight excluding hydrogens is 256 g/mol. The molecule has 0 rings (SSSR count). The zero-order valence-corrected chi connectivity index (χ0v) is 12.3. The summed E-state index contributed by atoms with van der Waals surface area (Å²) in [6.45, 7) is 7.44. The minimum atomic E-state index is 0.605. The lowest BCUT2D eigenvalue weighted by Gasteiger charge is -2.07. The normalized spacial score (nSPS) is 11.0. The Balaban J connectivity index is 2.86. The molecule has 4 nitrogen and oxygen atoms in total. The van der Waals surface area contributed by atoms with Gasteiger partial charge < -0.3 is 18.9 Å². The number of hydrogen-bond donors (Lipinski definition) is 0. The Hall–Kier alpha value is 0.130. The quantitative estimate of drug-likeness (QED) is 0.342. The minimum absolute atomic E-state index is 0.605. The van der Waals surface area contributed by atoms with E-state index in [4.69, 9.17) is 30.5 Å². The molecular formula is C13H27ClO4. The van der Waals surface area contributed by atoms with Crippen molar-refractivity contribution < 1.29 is 18.9 Å². The molecule has 5 heteroatoms. The van der Waals surface area contributed by atoms with Gasteiger partial charge >= 0.3 is 0 Å². The van der Waals surface area contributed by atoms with E-state index in [-0.39, 0.29) is 0 Å². The number of halogens is 1. The fraction of sp³-hybridized carbons (Fsp3) is 1.00. The Morgan fingerprint density at radius 1 is 0.611 bits per heavy atom. The van der Waals surface area contributed by atoms with Crippen molar-refractivity contribution in [3.05, 3.63) is 0 Å². The highest BCUT2D eigenvalue weighted by Gasteiger charge is 1.92. The summed E-state index contributed by atoms with van der Waals surface area (Å²) in [5.74, 6) is 0.648. The van der Waals surface area contributed by atoms with Crippen LogP contribution in [0.15, 0.2) is 0 Å². The molecule has 0 aromatic carbocycles. The highest BCUT2D eigenvalue weighted by atomic mass is 35.5. The fourth-order valence-corrected chi connectivity index (χ4v) is 1.27. The minimum Gasteiger partial charge on any atom is -0.379 e. The van der Waals surface area contributed by atoms with E-state index >= 15 is 0 Å². The van der Waals surface area contributed by atoms with E-state index in [1.165, 1.54) is 6.42 Å². The molecule has 0 N–H and O–H groups in total. The molecule has 0 atom stereocenters. The number of unbranched alkanes of at least 4 members (excludes halogenated alkanes) is 1. The molecule has 0 unspecified atom stereocenters. The van der Waals surface area contributed by atoms with Gasteiger partial charge in [-0.1, -0.05) is 13.3 Å². The maximum Gasteiger partial charge on any atom is 0.0701 e. The van der Waals surface area contributed by atoms with Crippen LogP contribution in [0.3, 0.4) is 0 Å². The summed E-state index contributed by atoms with van der Waals surface area (Å²) in [6, 6.07) is 0. The van der Waals surface area contributed by atoms with Crippen molar-refractivity contribution in [3.8, 4) is 0 Å². The lowest BCUT2D eigenvalue weighted by Crippen LogP contribution is -2.12. The zero-order valence-electron chi connectivity index (χ0n) is 11.5. The molecule has 0 saturated carbocycles. The van der Waals surface area contributed by atoms with Crippen molar-refractivity contribution in [2.75, 3.05) is 58.7 Å². The Kier molecular flexibility index (Phi) is 17.3. The molecule has 18 heavy (non-hydrogen) atoms. The second-order valence-corrected chi connectivity index (χ2v) is 4.22. The smallest absolute Gasteiger partial charge is 0.0701 e. The Morgan fingerprint density at radius 2 is 1.00 bits per heavy atom. The molecule has 0 radical (unpaired) electrons. The van der Waals surface area contributed by atoms with E-state index in [2.05, 4.69) is 6.92 Å². The molecule has 0 aliphatic heterocycles. The maximum atomic E-state index is 5.51. The number of alkyl halides is 1. The largest absolute Gasteiger partial charge is 0.379 e. The molecule has 0 aliphatic carbocycles. The van der Waals surface area contributed by atoms with Crippen LogP contribution >= 0.6 is 11.6 Å². The van der Waals surface area contributed by atoms with Crippen LogP contribution in [-0.2, 0) is 18.9 Å². The van der Waals surface area contributed by atoms with Crippen molar-refractivity contribution in [1.29, 1.82) is 0 Å². The average molecular weight is 283 g/mol. The van der Waals surface area contributed by atoms with Crippen LogP contribution in [0.5, 0.6) is 0 Å². The molecule has 0 aromatic heterocycles. The zero-order chi connectivity index (χ0) is 13.3. The highest BCUT2D eigenvalue weighted by molar-refractivity contribution is 6.17. The summed E-state index contributed by atoms with van der Waals surface area (Å²) in [7, 11) is 0. The van der Waals surface area contributed by atoms with Gasteiger partial charge in [0.15, 0.2) is 0 Å². The average Bonchev–Trinajstić information content (AvgIpc) is 2.39. The van der Waals surface area contributed by atoms with Gasteiger partial charge in [0.2, 0.25) is 0 Å². The van der Waals surface area contributed by atoms with E-state index in [1.807, 2.05) is 0 Å². The molecule has 110 valence electrons. The summed E-state index contributed by atoms with van der Waals surface area (Å²) in [5, 5.41) is 0. The van der Waals surface area contributed by atoms with E-state index < -0.39 is 0 Å². The van der Waals surface area contributed by atoms with Gasteiger partial charge in [0.05, 0.1) is 39.6 Å². The first kappa shape index (κ1) is 18.1. The first-order valence-electron chi connectivity index (χ1n) is 6.78. The maximum absolute atomic E-state index is 5.51. The first-order valence-corrected chi connectivity index (χ1v) is 7.32. The lowest BCUT2D eigenvalue weighted by molar-refractivity contribution is -0.00191. The van der Waals surface area contributed by atoms with Crippen LogP contribution in [0.25, 0.3) is 0 Å². The van der Waals surface area contributed by atoms with Crippen LogP contribution in [-0.4, -0.2) is 58.7 Å². The topological polar surface area (TPSA) is 36.9 Å². The van der Waals surface area contributed by atoms with Crippen molar-refractivity contribution in [1.82, 2.24) is 0 Å². The predicted molar refractivity (Wildman–Crippen MR) is 73.5 cm³/mol. The molecule has 0 heterocycles. The molecule has 0 saturated heterocycles. The predicted octanol–water partition coefficient (Wildman–Crippen LogP) is 2.48. The van der Waals surface area contributed by atoms with Crippen LogP contribution in [0.1, 0.15) is 26.2 Å². The molecule has 0 bridgehead atoms. The van der Waals surface area contributed by atoms with Crippen LogP contribution < -0.4 is 0 Å². The van der Waals surface area contributed by atoms with Gasteiger partial charge in [-0.15, -0.1) is 11.6 Å². The van der Waals surface area contributed by atoms with Crippen LogP contribution in [0.2, 0.25) is 0 Å². The van der Waals surface area contributed by atoms with Crippen molar-refractivity contribution in [3.63, 3.8) is 0 Å². The van der Waals surface area contributed by atoms with Crippen LogP contribution in [0.4, 0.5) is 0 Å². The summed E-state index contributed by atoms with van der Waals surface area (Å²) in [6.07, 6.45) is 3.18. The van der Waals surface area contributed by atoms with E-state index in [0.29, 0.717) is 52.1 Å². The van der Waals surface area contributed by atoms with Gasteiger partial charge in [0.25, 0.3) is 0 Å². The van der Waals surface area contributed by atoms with Gasteiger partial charge in [-0.05, 0) is 12.8 Å². The molecule has 0 amide bonds. The molecule has 0 aromatic rings. The fourth-order valence-electron chi connectivity index (χ4n) is 1.16. The summed E-state index contributed by atoms with van der Waals surface area (Å²) >= 11 is 5.51. The van der Waals surface area contributed by atoms with Crippen molar-refractivity contribution in [2.24, 2.45) is 0 Å². The lowest BCUT2D eigenvalue weighted by atomic mass is 10.4. The second-order valence-electron chi connectivity index (χ2n) is 3.85. The second kappa shape index (κ2) is 17.1. The van der Waals surface area contributed by atoms with Gasteiger partial charge in [-0.3, -0.25) is 0 Å². The Labute approximate surface area is 116 Å². The van der Waals surface area contributed by atoms with E-state index in [9.17, 15) is 0 Å². The van der Waals surface area contributed by atoms with Crippen molar-refractivity contribution >= 4 is 11.6 Å². The third-order valence-electron chi connectivity index (χ3n) is 2.18. The Bertz CT molecular complexity index is 131. The molecule has 0 aliphatic rings. The first-order chi connectivity index (χ1) is 8.91. The van der Waals surface area contributed by atoms with Gasteiger partial charge in [0, 0.05) is 19.1 Å². The standard InChI is InChI=1S/C13H27ClO4/c1-2-3-6-15-8-10-17-12-13-18-11-9-16-7-4-5-14/h2-13H2,1H3. The van der Waals surface area contributed by atoms with Crippen LogP contribution in [0, 0.1) is 0 Å². The number of ether oxygens (including phenoxy) is 4. The Morgan fingerprint density at radius 3 is 1.39 bits per heavy atom. The highest BCUT2D eigenvalue weighted by Crippen LogP contribution is 1.89. The monoisotopic (exact) mass is 282 g/mol. The van der Waals surface area contributed by atoms with Gasteiger partial charge in [0.1, 0.15) is 0 Å². The summed E-state index contributed by atoms with van der Waals surface area (Å²) in [4.78, 5) is 0. The SMILES string of the molecule is CCCCOCCOCCOCCOCCCCl. The third kappa shape index (κ3) is 16.1. The van der Waals surface area contributed by atoms with E-state index in [0.717, 1.165) is 19.4 Å². The number of hydrogen-bond acceptors (Lipinski definition) is 4. The summed E-state index contributed by atoms with van der Waals surface area (Å²) < 4.78 is 21.3. The molecule has 0 spiro atoms. The summed E-state index contributed by atoms with van der Waals surface area (Å²) in [5.41, 5.74) is 0. The van der Waals surface area contributed by atoms with Gasteiger partial charge in [-0.2, -0.15) is 0 Å². The molecule has 0 fully saturated rings. The van der Waals surface area contributed by atoms with E-state index in [1.54, 1.807) is 0 Å². The van der Waals surface area contributed by atoms with Crippen molar-refractivity contribution in [2.45, 2.75) is 26.2 Å². The third-order valence-corrected chi connectivity index (χ3v) is 2.45.